The van der Waals surface area contributed by atoms with Crippen LogP contribution in [0.25, 0.3) is 0 Å². The van der Waals surface area contributed by atoms with Crippen molar-refractivity contribution in [3.05, 3.63) is 41.7 Å². The Morgan fingerprint density at radius 3 is 2.40 bits per heavy atom. The van der Waals surface area contributed by atoms with Gasteiger partial charge in [-0.1, -0.05) is 23.7 Å². The Hall–Kier alpha value is -2.34. The van der Waals surface area contributed by atoms with Crippen LogP contribution in [0.4, 0.5) is 22.1 Å². The third-order valence-corrected chi connectivity index (χ3v) is 2.75. The van der Waals surface area contributed by atoms with Gasteiger partial charge in [0.1, 0.15) is 0 Å². The van der Waals surface area contributed by atoms with Crippen molar-refractivity contribution in [2.45, 2.75) is 0 Å². The van der Waals surface area contributed by atoms with Gasteiger partial charge >= 0.3 is 6.03 Å². The van der Waals surface area contributed by atoms with E-state index in [0.29, 0.717) is 22.3 Å². The summed E-state index contributed by atoms with van der Waals surface area (Å²) in [4.78, 5) is 21.8. The molecule has 1 aromatic carbocycles. The normalized spacial score (nSPS) is 9.95. The van der Waals surface area contributed by atoms with Crippen molar-refractivity contribution in [2.75, 3.05) is 29.6 Å². The molecule has 0 spiro atoms. The molecule has 2 amide bonds. The second kappa shape index (κ2) is 6.21. The van der Waals surface area contributed by atoms with Gasteiger partial charge < -0.3 is 15.5 Å². The number of carbonyl (C=O) groups is 1. The lowest BCUT2D eigenvalue weighted by molar-refractivity contribution is 0.262. The van der Waals surface area contributed by atoms with E-state index in [1.165, 1.54) is 12.4 Å². The number of aromatic nitrogens is 2. The lowest BCUT2D eigenvalue weighted by Crippen LogP contribution is -2.20. The van der Waals surface area contributed by atoms with Gasteiger partial charge in [0.2, 0.25) is 5.95 Å². The molecule has 1 heterocycles. The highest BCUT2D eigenvalue weighted by atomic mass is 35.5. The summed E-state index contributed by atoms with van der Waals surface area (Å²) >= 11 is 5.95. The van der Waals surface area contributed by atoms with Crippen LogP contribution in [-0.2, 0) is 0 Å². The molecule has 7 heteroatoms. The fraction of sp³-hybridized carbons (Fsp3) is 0.154. The molecule has 0 atom stereocenters. The van der Waals surface area contributed by atoms with E-state index in [-0.39, 0.29) is 0 Å². The molecule has 0 saturated carbocycles. The monoisotopic (exact) mass is 291 g/mol. The van der Waals surface area contributed by atoms with Crippen LogP contribution < -0.4 is 15.5 Å². The number of amides is 2. The summed E-state index contributed by atoms with van der Waals surface area (Å²) in [7, 11) is 3.68. The summed E-state index contributed by atoms with van der Waals surface area (Å²) in [5, 5.41) is 5.75. The molecule has 0 bridgehead atoms. The minimum atomic E-state index is -0.403. The number of hydrogen-bond acceptors (Lipinski definition) is 4. The number of nitrogens with one attached hydrogen (secondary N) is 2. The van der Waals surface area contributed by atoms with Crippen LogP contribution >= 0.6 is 11.6 Å². The number of urea groups is 1. The van der Waals surface area contributed by atoms with E-state index >= 15 is 0 Å². The average Bonchev–Trinajstić information content (AvgIpc) is 2.42. The molecule has 0 fully saturated rings. The minimum Gasteiger partial charge on any atom is -0.347 e. The second-order valence-electron chi connectivity index (χ2n) is 4.23. The highest BCUT2D eigenvalue weighted by Crippen LogP contribution is 2.20. The Labute approximate surface area is 121 Å². The van der Waals surface area contributed by atoms with Crippen LogP contribution in [0.15, 0.2) is 36.7 Å². The number of anilines is 3. The molecule has 2 aromatic rings. The van der Waals surface area contributed by atoms with Gasteiger partial charge in [-0.3, -0.25) is 0 Å². The summed E-state index contributed by atoms with van der Waals surface area (Å²) in [5.74, 6) is 0.571. The van der Waals surface area contributed by atoms with Crippen molar-refractivity contribution in [1.29, 1.82) is 0 Å². The van der Waals surface area contributed by atoms with Crippen molar-refractivity contribution in [1.82, 2.24) is 9.97 Å². The van der Waals surface area contributed by atoms with E-state index < -0.39 is 6.03 Å². The molecule has 0 saturated heterocycles. The first-order chi connectivity index (χ1) is 9.56. The predicted molar refractivity (Wildman–Crippen MR) is 80.5 cm³/mol. The Balaban J connectivity index is 1.99. The maximum absolute atomic E-state index is 11.8. The van der Waals surface area contributed by atoms with E-state index in [1.807, 2.05) is 14.1 Å². The van der Waals surface area contributed by atoms with Gasteiger partial charge in [0.05, 0.1) is 28.8 Å². The molecule has 0 unspecified atom stereocenters. The number of nitrogens with zero attached hydrogens (tertiary/aromatic N) is 3. The molecule has 0 aliphatic carbocycles. The lowest BCUT2D eigenvalue weighted by Gasteiger charge is -2.11. The zero-order valence-electron chi connectivity index (χ0n) is 11.1. The highest BCUT2D eigenvalue weighted by molar-refractivity contribution is 6.33. The van der Waals surface area contributed by atoms with Gasteiger partial charge in [0.25, 0.3) is 0 Å². The van der Waals surface area contributed by atoms with Crippen LogP contribution in [0.5, 0.6) is 0 Å². The number of halogens is 1. The summed E-state index contributed by atoms with van der Waals surface area (Å²) in [6, 6.07) is 6.59. The van der Waals surface area contributed by atoms with Gasteiger partial charge in [-0.25, -0.2) is 14.8 Å². The molecule has 2 rings (SSSR count). The lowest BCUT2D eigenvalue weighted by atomic mass is 10.3. The third-order valence-electron chi connectivity index (χ3n) is 2.42. The fourth-order valence-electron chi connectivity index (χ4n) is 1.46. The SMILES string of the molecule is CN(C)c1ncc(NC(=O)Nc2ccccc2Cl)cn1. The van der Waals surface area contributed by atoms with E-state index in [0.717, 1.165) is 0 Å². The van der Waals surface area contributed by atoms with Crippen LogP contribution in [0, 0.1) is 0 Å². The molecule has 0 aliphatic heterocycles. The fourth-order valence-corrected chi connectivity index (χ4v) is 1.65. The zero-order valence-corrected chi connectivity index (χ0v) is 11.8. The van der Waals surface area contributed by atoms with Crippen molar-refractivity contribution >= 4 is 35.0 Å². The predicted octanol–water partition coefficient (Wildman–Crippen LogP) is 2.84. The topological polar surface area (TPSA) is 70.2 Å². The van der Waals surface area contributed by atoms with Crippen LogP contribution in [0.2, 0.25) is 5.02 Å². The van der Waals surface area contributed by atoms with Crippen LogP contribution in [0.1, 0.15) is 0 Å². The molecule has 0 aliphatic rings. The molecule has 0 radical (unpaired) electrons. The maximum atomic E-state index is 11.8. The first kappa shape index (κ1) is 14.1. The van der Waals surface area contributed by atoms with Gasteiger partial charge in [-0.15, -0.1) is 0 Å². The number of rotatable bonds is 3. The van der Waals surface area contributed by atoms with E-state index in [1.54, 1.807) is 29.2 Å². The van der Waals surface area contributed by atoms with Crippen LogP contribution in [-0.4, -0.2) is 30.1 Å². The Morgan fingerprint density at radius 2 is 1.80 bits per heavy atom. The standard InChI is InChI=1S/C13H14ClN5O/c1-19(2)12-15-7-9(8-16-12)17-13(20)18-11-6-4-3-5-10(11)14/h3-8H,1-2H3,(H2,17,18,20). The van der Waals surface area contributed by atoms with E-state index in [4.69, 9.17) is 11.6 Å². The molecular formula is C13H14ClN5O. The molecule has 2 N–H and O–H groups in total. The summed E-state index contributed by atoms with van der Waals surface area (Å²) in [6.45, 7) is 0. The van der Waals surface area contributed by atoms with Gasteiger partial charge in [-0.2, -0.15) is 0 Å². The number of hydrogen-bond donors (Lipinski definition) is 2. The first-order valence-corrected chi connectivity index (χ1v) is 6.26. The van der Waals surface area contributed by atoms with Crippen molar-refractivity contribution in [3.63, 3.8) is 0 Å². The van der Waals surface area contributed by atoms with Crippen molar-refractivity contribution < 1.29 is 4.79 Å². The van der Waals surface area contributed by atoms with Gasteiger partial charge in [0, 0.05) is 14.1 Å². The molecular weight excluding hydrogens is 278 g/mol. The summed E-state index contributed by atoms with van der Waals surface area (Å²) in [6.07, 6.45) is 3.07. The average molecular weight is 292 g/mol. The summed E-state index contributed by atoms with van der Waals surface area (Å²) < 4.78 is 0. The van der Waals surface area contributed by atoms with E-state index in [9.17, 15) is 4.79 Å². The number of carbonyl (C=O) groups excluding carboxylic acids is 1. The Bertz CT molecular complexity index is 600. The molecule has 6 nitrogen and oxygen atoms in total. The van der Waals surface area contributed by atoms with Crippen molar-refractivity contribution in [3.8, 4) is 0 Å². The first-order valence-electron chi connectivity index (χ1n) is 5.88. The van der Waals surface area contributed by atoms with Crippen LogP contribution in [0.3, 0.4) is 0 Å². The molecule has 104 valence electrons. The largest absolute Gasteiger partial charge is 0.347 e. The highest BCUT2D eigenvalue weighted by Gasteiger charge is 2.06. The molecule has 1 aromatic heterocycles. The second-order valence-corrected chi connectivity index (χ2v) is 4.63. The maximum Gasteiger partial charge on any atom is 0.323 e. The minimum absolute atomic E-state index is 0.403. The Morgan fingerprint density at radius 1 is 1.15 bits per heavy atom. The van der Waals surface area contributed by atoms with Gasteiger partial charge in [-0.05, 0) is 12.1 Å². The third kappa shape index (κ3) is 3.58. The van der Waals surface area contributed by atoms with Gasteiger partial charge in [0.15, 0.2) is 0 Å². The quantitative estimate of drug-likeness (QED) is 0.912. The molecule has 20 heavy (non-hydrogen) atoms. The van der Waals surface area contributed by atoms with Crippen molar-refractivity contribution in [2.24, 2.45) is 0 Å². The number of para-hydroxylation sites is 1. The van der Waals surface area contributed by atoms with E-state index in [2.05, 4.69) is 20.6 Å². The smallest absolute Gasteiger partial charge is 0.323 e. The zero-order chi connectivity index (χ0) is 14.5. The summed E-state index contributed by atoms with van der Waals surface area (Å²) in [5.41, 5.74) is 1.04. The number of benzene rings is 1. The Kier molecular flexibility index (Phi) is 4.37.